The predicted octanol–water partition coefficient (Wildman–Crippen LogP) is 2.76. The Balaban J connectivity index is 2.05. The third-order valence-corrected chi connectivity index (χ3v) is 3.03. The molecule has 3 nitrogen and oxygen atoms in total. The van der Waals surface area contributed by atoms with Crippen LogP contribution in [0.4, 0.5) is 5.69 Å². The van der Waals surface area contributed by atoms with Crippen molar-refractivity contribution in [3.05, 3.63) is 27.8 Å². The van der Waals surface area contributed by atoms with Crippen LogP contribution in [-0.2, 0) is 9.47 Å². The molecule has 0 saturated heterocycles. The molecule has 0 radical (unpaired) electrons. The molecule has 1 N–H and O–H groups in total. The molecule has 1 aromatic carbocycles. The van der Waals surface area contributed by atoms with E-state index in [1.54, 1.807) is 7.11 Å². The number of para-hydroxylation sites is 1. The zero-order chi connectivity index (χ0) is 11.6. The Morgan fingerprint density at radius 2 is 2.00 bits per heavy atom. The van der Waals surface area contributed by atoms with Crippen LogP contribution in [0.1, 0.15) is 6.42 Å². The predicted molar refractivity (Wildman–Crippen MR) is 75.0 cm³/mol. The maximum Gasteiger partial charge on any atom is 0.0700 e. The fraction of sp³-hybridized carbons (Fsp3) is 0.500. The minimum absolute atomic E-state index is 0.671. The minimum Gasteiger partial charge on any atom is -0.384 e. The number of methoxy groups -OCH3 is 1. The number of hydrogen-bond donors (Lipinski definition) is 1. The van der Waals surface area contributed by atoms with E-state index >= 15 is 0 Å². The minimum atomic E-state index is 0.671. The lowest BCUT2D eigenvalue weighted by Gasteiger charge is -2.08. The molecule has 0 saturated carbocycles. The van der Waals surface area contributed by atoms with E-state index in [0.29, 0.717) is 13.2 Å². The Morgan fingerprint density at radius 3 is 2.75 bits per heavy atom. The molecule has 0 aliphatic rings. The molecule has 16 heavy (non-hydrogen) atoms. The molecule has 0 heterocycles. The third-order valence-electron chi connectivity index (χ3n) is 2.09. The maximum absolute atomic E-state index is 5.38. The Hall–Kier alpha value is -0.330. The average molecular weight is 335 g/mol. The van der Waals surface area contributed by atoms with Crippen molar-refractivity contribution < 1.29 is 9.47 Å². The molecule has 4 heteroatoms. The Morgan fingerprint density at radius 1 is 1.19 bits per heavy atom. The van der Waals surface area contributed by atoms with Gasteiger partial charge in [0.25, 0.3) is 0 Å². The van der Waals surface area contributed by atoms with Crippen LogP contribution in [0.25, 0.3) is 0 Å². The molecule has 0 aromatic heterocycles. The molecule has 90 valence electrons. The topological polar surface area (TPSA) is 30.5 Å². The number of ether oxygens (including phenoxy) is 2. The Kier molecular flexibility index (Phi) is 7.54. The van der Waals surface area contributed by atoms with Gasteiger partial charge in [0.15, 0.2) is 0 Å². The zero-order valence-electron chi connectivity index (χ0n) is 9.54. The van der Waals surface area contributed by atoms with E-state index in [1.165, 1.54) is 9.26 Å². The van der Waals surface area contributed by atoms with Crippen LogP contribution in [-0.4, -0.2) is 33.5 Å². The lowest BCUT2D eigenvalue weighted by Crippen LogP contribution is -2.08. The molecule has 0 bridgehead atoms. The number of hydrogen-bond acceptors (Lipinski definition) is 3. The highest BCUT2D eigenvalue weighted by atomic mass is 127. The number of benzene rings is 1. The average Bonchev–Trinajstić information content (AvgIpc) is 2.30. The van der Waals surface area contributed by atoms with E-state index in [9.17, 15) is 0 Å². The molecule has 0 unspecified atom stereocenters. The summed E-state index contributed by atoms with van der Waals surface area (Å²) in [6.07, 6.45) is 1.01. The lowest BCUT2D eigenvalue weighted by atomic mass is 10.3. The van der Waals surface area contributed by atoms with Crippen molar-refractivity contribution in [3.8, 4) is 0 Å². The molecular weight excluding hydrogens is 317 g/mol. The van der Waals surface area contributed by atoms with Gasteiger partial charge in [-0.3, -0.25) is 0 Å². The summed E-state index contributed by atoms with van der Waals surface area (Å²) in [4.78, 5) is 0. The van der Waals surface area contributed by atoms with Gasteiger partial charge in [0.2, 0.25) is 0 Å². The number of rotatable bonds is 8. The fourth-order valence-corrected chi connectivity index (χ4v) is 1.82. The summed E-state index contributed by atoms with van der Waals surface area (Å²) in [5.74, 6) is 0. The number of anilines is 1. The highest BCUT2D eigenvalue weighted by Crippen LogP contribution is 2.16. The van der Waals surface area contributed by atoms with Gasteiger partial charge in [0.05, 0.1) is 13.2 Å². The van der Waals surface area contributed by atoms with Gasteiger partial charge in [0, 0.05) is 29.5 Å². The maximum atomic E-state index is 5.38. The second-order valence-electron chi connectivity index (χ2n) is 3.37. The second-order valence-corrected chi connectivity index (χ2v) is 4.53. The van der Waals surface area contributed by atoms with Gasteiger partial charge < -0.3 is 14.8 Å². The first-order valence-corrected chi connectivity index (χ1v) is 6.47. The van der Waals surface area contributed by atoms with Gasteiger partial charge in [-0.1, -0.05) is 12.1 Å². The van der Waals surface area contributed by atoms with Crippen molar-refractivity contribution >= 4 is 28.3 Å². The van der Waals surface area contributed by atoms with Gasteiger partial charge in [-0.15, -0.1) is 0 Å². The molecule has 1 aromatic rings. The molecule has 0 atom stereocenters. The summed E-state index contributed by atoms with van der Waals surface area (Å²) in [6.45, 7) is 3.07. The van der Waals surface area contributed by atoms with Crippen LogP contribution in [0.5, 0.6) is 0 Å². The van der Waals surface area contributed by atoms with E-state index in [1.807, 2.05) is 12.1 Å². The van der Waals surface area contributed by atoms with E-state index in [4.69, 9.17) is 9.47 Å². The van der Waals surface area contributed by atoms with Gasteiger partial charge >= 0.3 is 0 Å². The first kappa shape index (κ1) is 13.7. The van der Waals surface area contributed by atoms with Crippen molar-refractivity contribution in [1.29, 1.82) is 0 Å². The van der Waals surface area contributed by atoms with Crippen LogP contribution in [0, 0.1) is 3.57 Å². The van der Waals surface area contributed by atoms with Crippen LogP contribution >= 0.6 is 22.6 Å². The molecule has 0 aliphatic carbocycles. The van der Waals surface area contributed by atoms with Crippen LogP contribution in [0.15, 0.2) is 24.3 Å². The molecule has 0 fully saturated rings. The molecule has 1 rings (SSSR count). The van der Waals surface area contributed by atoms with E-state index in [-0.39, 0.29) is 0 Å². The van der Waals surface area contributed by atoms with Crippen molar-refractivity contribution in [3.63, 3.8) is 0 Å². The number of halogens is 1. The molecule has 0 amide bonds. The molecular formula is C12H18INO2. The first-order valence-electron chi connectivity index (χ1n) is 5.39. The fourth-order valence-electron chi connectivity index (χ4n) is 1.25. The summed E-state index contributed by atoms with van der Waals surface area (Å²) in [7, 11) is 1.68. The summed E-state index contributed by atoms with van der Waals surface area (Å²) < 4.78 is 11.5. The van der Waals surface area contributed by atoms with Gasteiger partial charge in [-0.2, -0.15) is 0 Å². The van der Waals surface area contributed by atoms with Crippen molar-refractivity contribution in [1.82, 2.24) is 0 Å². The third kappa shape index (κ3) is 5.67. The normalized spacial score (nSPS) is 10.4. The van der Waals surface area contributed by atoms with E-state index < -0.39 is 0 Å². The molecule has 0 spiro atoms. The van der Waals surface area contributed by atoms with Crippen LogP contribution in [0.2, 0.25) is 0 Å². The Labute approximate surface area is 111 Å². The van der Waals surface area contributed by atoms with Gasteiger partial charge in [-0.05, 0) is 41.1 Å². The second kappa shape index (κ2) is 8.78. The van der Waals surface area contributed by atoms with Gasteiger partial charge in [0.1, 0.15) is 0 Å². The lowest BCUT2D eigenvalue weighted by molar-refractivity contribution is 0.0705. The smallest absolute Gasteiger partial charge is 0.0700 e. The summed E-state index contributed by atoms with van der Waals surface area (Å²) in [6, 6.07) is 8.27. The highest BCUT2D eigenvalue weighted by molar-refractivity contribution is 14.1. The largest absolute Gasteiger partial charge is 0.384 e. The Bertz CT molecular complexity index is 294. The summed E-state index contributed by atoms with van der Waals surface area (Å²) in [5.41, 5.74) is 1.19. The first-order chi connectivity index (χ1) is 7.84. The van der Waals surface area contributed by atoms with E-state index in [2.05, 4.69) is 40.0 Å². The van der Waals surface area contributed by atoms with Crippen LogP contribution < -0.4 is 5.32 Å². The SMILES string of the molecule is COCCOCCCNc1ccccc1I. The van der Waals surface area contributed by atoms with Crippen LogP contribution in [0.3, 0.4) is 0 Å². The van der Waals surface area contributed by atoms with Gasteiger partial charge in [-0.25, -0.2) is 0 Å². The van der Waals surface area contributed by atoms with Crippen molar-refractivity contribution in [2.75, 3.05) is 38.8 Å². The standard InChI is InChI=1S/C12H18INO2/c1-15-9-10-16-8-4-7-14-12-6-3-2-5-11(12)13/h2-3,5-6,14H,4,7-10H2,1H3. The summed E-state index contributed by atoms with van der Waals surface area (Å²) >= 11 is 2.33. The number of nitrogens with one attached hydrogen (secondary N) is 1. The zero-order valence-corrected chi connectivity index (χ0v) is 11.7. The van der Waals surface area contributed by atoms with Crippen molar-refractivity contribution in [2.24, 2.45) is 0 Å². The van der Waals surface area contributed by atoms with Crippen molar-refractivity contribution in [2.45, 2.75) is 6.42 Å². The highest BCUT2D eigenvalue weighted by Gasteiger charge is 1.96. The van der Waals surface area contributed by atoms with E-state index in [0.717, 1.165) is 19.6 Å². The quantitative estimate of drug-likeness (QED) is 0.585. The molecule has 0 aliphatic heterocycles. The summed E-state index contributed by atoms with van der Waals surface area (Å²) in [5, 5.41) is 3.39. The monoisotopic (exact) mass is 335 g/mol.